The molecule has 1 rings (SSSR count). The molecule has 1 aliphatic rings. The predicted octanol–water partition coefficient (Wildman–Crippen LogP) is 1.63. The highest BCUT2D eigenvalue weighted by Gasteiger charge is 2.24. The Balaban J connectivity index is 2.14. The second-order valence-corrected chi connectivity index (χ2v) is 5.63. The Morgan fingerprint density at radius 1 is 1.50 bits per heavy atom. The molecule has 104 valence electrons. The van der Waals surface area contributed by atoms with E-state index in [4.69, 9.17) is 4.74 Å². The lowest BCUT2D eigenvalue weighted by atomic mass is 10.0. The number of nitrogens with zero attached hydrogens (tertiary/aromatic N) is 2. The van der Waals surface area contributed by atoms with Gasteiger partial charge in [-0.15, -0.1) is 0 Å². The highest BCUT2D eigenvalue weighted by Crippen LogP contribution is 2.28. The maximum Gasteiger partial charge on any atom is 0.116 e. The summed E-state index contributed by atoms with van der Waals surface area (Å²) >= 11 is 0. The summed E-state index contributed by atoms with van der Waals surface area (Å²) in [5.41, 5.74) is -0.457. The lowest BCUT2D eigenvalue weighted by molar-refractivity contribution is 0.0985. The molecule has 4 heteroatoms. The molecule has 0 aromatic rings. The van der Waals surface area contributed by atoms with Gasteiger partial charge < -0.3 is 9.64 Å². The van der Waals surface area contributed by atoms with Gasteiger partial charge in [0.2, 0.25) is 0 Å². The van der Waals surface area contributed by atoms with Gasteiger partial charge in [0, 0.05) is 19.7 Å². The van der Waals surface area contributed by atoms with Gasteiger partial charge in [0.1, 0.15) is 5.54 Å². The quantitative estimate of drug-likeness (QED) is 0.601. The highest BCUT2D eigenvalue weighted by atomic mass is 16.5. The molecule has 4 nitrogen and oxygen atoms in total. The van der Waals surface area contributed by atoms with Crippen LogP contribution in [0, 0.1) is 17.2 Å². The largest absolute Gasteiger partial charge is 0.380 e. The van der Waals surface area contributed by atoms with Crippen molar-refractivity contribution < 1.29 is 4.74 Å². The molecule has 1 N–H and O–H groups in total. The first kappa shape index (κ1) is 15.4. The molecule has 1 aliphatic carbocycles. The fourth-order valence-corrected chi connectivity index (χ4v) is 1.91. The van der Waals surface area contributed by atoms with Gasteiger partial charge in [0.25, 0.3) is 0 Å². The first-order valence-electron chi connectivity index (χ1n) is 7.02. The van der Waals surface area contributed by atoms with E-state index in [1.54, 1.807) is 0 Å². The molecule has 0 saturated heterocycles. The molecule has 1 fully saturated rings. The Hall–Kier alpha value is -0.630. The van der Waals surface area contributed by atoms with Gasteiger partial charge in [-0.25, -0.2) is 0 Å². The van der Waals surface area contributed by atoms with Gasteiger partial charge in [0.15, 0.2) is 0 Å². The van der Waals surface area contributed by atoms with Crippen LogP contribution in [0.25, 0.3) is 0 Å². The molecule has 0 spiro atoms. The third-order valence-corrected chi connectivity index (χ3v) is 3.27. The first-order chi connectivity index (χ1) is 8.59. The van der Waals surface area contributed by atoms with Crippen molar-refractivity contribution >= 4 is 0 Å². The van der Waals surface area contributed by atoms with E-state index < -0.39 is 5.54 Å². The molecule has 1 atom stereocenters. The SMILES string of the molecule is CCCNC(C)(C#N)CN(C)CCOCC1CC1. The average Bonchev–Trinajstić information content (AvgIpc) is 3.16. The summed E-state index contributed by atoms with van der Waals surface area (Å²) in [4.78, 5) is 2.17. The van der Waals surface area contributed by atoms with Crippen molar-refractivity contribution in [3.05, 3.63) is 0 Å². The van der Waals surface area contributed by atoms with Gasteiger partial charge in [-0.3, -0.25) is 5.32 Å². The van der Waals surface area contributed by atoms with Crippen LogP contribution in [0.1, 0.15) is 33.1 Å². The minimum absolute atomic E-state index is 0.457. The summed E-state index contributed by atoms with van der Waals surface area (Å²) in [6.45, 7) is 8.26. The Labute approximate surface area is 111 Å². The van der Waals surface area contributed by atoms with Crippen LogP contribution in [-0.2, 0) is 4.74 Å². The van der Waals surface area contributed by atoms with Gasteiger partial charge in [-0.05, 0) is 45.7 Å². The van der Waals surface area contributed by atoms with Crippen molar-refractivity contribution in [1.82, 2.24) is 10.2 Å². The highest BCUT2D eigenvalue weighted by molar-refractivity contribution is 5.05. The van der Waals surface area contributed by atoms with E-state index >= 15 is 0 Å². The van der Waals surface area contributed by atoms with Gasteiger partial charge >= 0.3 is 0 Å². The van der Waals surface area contributed by atoms with Crippen LogP contribution in [0.5, 0.6) is 0 Å². The molecule has 0 aliphatic heterocycles. The number of ether oxygens (including phenoxy) is 1. The summed E-state index contributed by atoms with van der Waals surface area (Å²) < 4.78 is 5.61. The van der Waals surface area contributed by atoms with Gasteiger partial charge in [-0.1, -0.05) is 6.92 Å². The fraction of sp³-hybridized carbons (Fsp3) is 0.929. The monoisotopic (exact) mass is 253 g/mol. The normalized spacial score (nSPS) is 18.6. The van der Waals surface area contributed by atoms with Crippen LogP contribution < -0.4 is 5.32 Å². The van der Waals surface area contributed by atoms with Crippen LogP contribution in [0.3, 0.4) is 0 Å². The van der Waals surface area contributed by atoms with E-state index in [-0.39, 0.29) is 0 Å². The fourth-order valence-electron chi connectivity index (χ4n) is 1.91. The Morgan fingerprint density at radius 2 is 2.22 bits per heavy atom. The molecule has 0 aromatic heterocycles. The molecule has 0 aromatic carbocycles. The number of rotatable bonds is 10. The van der Waals surface area contributed by atoms with Gasteiger partial charge in [0.05, 0.1) is 12.7 Å². The number of likely N-dealkylation sites (N-methyl/N-ethyl adjacent to an activating group) is 1. The second-order valence-electron chi connectivity index (χ2n) is 5.63. The number of nitrogens with one attached hydrogen (secondary N) is 1. The van der Waals surface area contributed by atoms with Crippen LogP contribution >= 0.6 is 0 Å². The topological polar surface area (TPSA) is 48.3 Å². The molecule has 0 bridgehead atoms. The van der Waals surface area contributed by atoms with E-state index in [9.17, 15) is 5.26 Å². The minimum atomic E-state index is -0.457. The molecule has 1 unspecified atom stereocenters. The van der Waals surface area contributed by atoms with Crippen molar-refractivity contribution in [3.8, 4) is 6.07 Å². The van der Waals surface area contributed by atoms with E-state index in [1.807, 2.05) is 14.0 Å². The zero-order valence-corrected chi connectivity index (χ0v) is 12.0. The van der Waals surface area contributed by atoms with E-state index in [0.717, 1.165) is 45.2 Å². The molecule has 18 heavy (non-hydrogen) atoms. The van der Waals surface area contributed by atoms with E-state index in [0.29, 0.717) is 0 Å². The van der Waals surface area contributed by atoms with Crippen molar-refractivity contribution in [1.29, 1.82) is 5.26 Å². The Morgan fingerprint density at radius 3 is 2.78 bits per heavy atom. The number of nitriles is 1. The van der Waals surface area contributed by atoms with Crippen molar-refractivity contribution in [2.75, 3.05) is 39.9 Å². The lowest BCUT2D eigenvalue weighted by Gasteiger charge is -2.28. The molecular formula is C14H27N3O. The van der Waals surface area contributed by atoms with Gasteiger partial charge in [-0.2, -0.15) is 5.26 Å². The smallest absolute Gasteiger partial charge is 0.116 e. The summed E-state index contributed by atoms with van der Waals surface area (Å²) in [6, 6.07) is 2.37. The molecular weight excluding hydrogens is 226 g/mol. The van der Waals surface area contributed by atoms with E-state index in [1.165, 1.54) is 12.8 Å². The third-order valence-electron chi connectivity index (χ3n) is 3.27. The van der Waals surface area contributed by atoms with Crippen LogP contribution in [-0.4, -0.2) is 50.3 Å². The van der Waals surface area contributed by atoms with Crippen molar-refractivity contribution in [2.24, 2.45) is 5.92 Å². The minimum Gasteiger partial charge on any atom is -0.380 e. The second kappa shape index (κ2) is 7.73. The maximum atomic E-state index is 9.24. The molecule has 0 amide bonds. The lowest BCUT2D eigenvalue weighted by Crippen LogP contribution is -2.50. The molecule has 1 saturated carbocycles. The van der Waals surface area contributed by atoms with Crippen LogP contribution in [0.15, 0.2) is 0 Å². The summed E-state index contributed by atoms with van der Waals surface area (Å²) in [6.07, 6.45) is 3.72. The van der Waals surface area contributed by atoms with E-state index in [2.05, 4.69) is 23.2 Å². The predicted molar refractivity (Wildman–Crippen MR) is 73.4 cm³/mol. The summed E-state index contributed by atoms with van der Waals surface area (Å²) in [5, 5.41) is 12.5. The number of hydrogen-bond acceptors (Lipinski definition) is 4. The maximum absolute atomic E-state index is 9.24. The standard InChI is InChI=1S/C14H27N3O/c1-4-7-16-14(2,11-15)12-17(3)8-9-18-10-13-5-6-13/h13,16H,4-10,12H2,1-3H3. The molecule has 0 radical (unpaired) electrons. The summed E-state index contributed by atoms with van der Waals surface area (Å²) in [5.74, 6) is 0.825. The first-order valence-corrected chi connectivity index (χ1v) is 7.02. The Kier molecular flexibility index (Phi) is 6.62. The summed E-state index contributed by atoms with van der Waals surface area (Å²) in [7, 11) is 2.05. The van der Waals surface area contributed by atoms with Crippen molar-refractivity contribution in [2.45, 2.75) is 38.6 Å². The zero-order valence-electron chi connectivity index (χ0n) is 12.0. The number of hydrogen-bond donors (Lipinski definition) is 1. The van der Waals surface area contributed by atoms with Crippen molar-refractivity contribution in [3.63, 3.8) is 0 Å². The third kappa shape index (κ3) is 6.34. The molecule has 0 heterocycles. The Bertz CT molecular complexity index is 273. The zero-order chi connectivity index (χ0) is 13.4. The average molecular weight is 253 g/mol. The van der Waals surface area contributed by atoms with Crippen LogP contribution in [0.2, 0.25) is 0 Å². The van der Waals surface area contributed by atoms with Crippen LogP contribution in [0.4, 0.5) is 0 Å².